The Morgan fingerprint density at radius 1 is 0.731 bits per heavy atom. The number of rotatable bonds is 14. The van der Waals surface area contributed by atoms with Crippen molar-refractivity contribution in [2.24, 2.45) is 0 Å². The fourth-order valence-electron chi connectivity index (χ4n) is 6.42. The van der Waals surface area contributed by atoms with Crippen LogP contribution in [0, 0.1) is 0 Å². The molecule has 0 radical (unpaired) electrons. The average Bonchev–Trinajstić information content (AvgIpc) is 3.18. The van der Waals surface area contributed by atoms with Crippen molar-refractivity contribution in [3.8, 4) is 0 Å². The second-order valence-electron chi connectivity index (χ2n) is 13.0. The van der Waals surface area contributed by atoms with Gasteiger partial charge in [0.2, 0.25) is 0 Å². The number of hydrogen-bond donors (Lipinski definition) is 3. The molecule has 2 amide bonds. The van der Waals surface area contributed by atoms with Crippen LogP contribution < -0.4 is 10.6 Å². The van der Waals surface area contributed by atoms with Crippen molar-refractivity contribution in [1.82, 2.24) is 10.2 Å². The summed E-state index contributed by atoms with van der Waals surface area (Å²) in [5.74, 6) is -0.526. The largest absolute Gasteiger partial charge is 0.467 e. The summed E-state index contributed by atoms with van der Waals surface area (Å²) in [4.78, 5) is 27.8. The molecule has 268 valence electrons. The first kappa shape index (κ1) is 36.5. The van der Waals surface area contributed by atoms with Crippen LogP contribution in [0.5, 0.6) is 0 Å². The predicted octanol–water partition coefficient (Wildman–Crippen LogP) is 7.33. The van der Waals surface area contributed by atoms with Gasteiger partial charge in [0.05, 0.1) is 25.9 Å². The van der Waals surface area contributed by atoms with E-state index in [-0.39, 0.29) is 18.8 Å². The van der Waals surface area contributed by atoms with E-state index in [1.807, 2.05) is 78.9 Å². The number of urea groups is 1. The summed E-state index contributed by atoms with van der Waals surface area (Å²) in [6, 6.07) is 44.2. The van der Waals surface area contributed by atoms with Gasteiger partial charge >= 0.3 is 12.0 Å². The third-order valence-corrected chi connectivity index (χ3v) is 9.09. The minimum Gasteiger partial charge on any atom is -0.467 e. The lowest BCUT2D eigenvalue weighted by atomic mass is 9.99. The molecule has 6 rings (SSSR count). The Morgan fingerprint density at radius 3 is 1.85 bits per heavy atom. The van der Waals surface area contributed by atoms with Gasteiger partial charge in [0, 0.05) is 43.7 Å². The molecular formula is C43H45N3O6. The normalized spacial score (nSPS) is 17.6. The molecule has 0 bridgehead atoms. The zero-order valence-corrected chi connectivity index (χ0v) is 29.3. The molecule has 1 heterocycles. The lowest BCUT2D eigenvalue weighted by molar-refractivity contribution is -0.253. The van der Waals surface area contributed by atoms with Crippen LogP contribution in [0.4, 0.5) is 10.5 Å². The van der Waals surface area contributed by atoms with Crippen LogP contribution >= 0.6 is 0 Å². The summed E-state index contributed by atoms with van der Waals surface area (Å²) < 4.78 is 18.2. The Balaban J connectivity index is 1.17. The maximum atomic E-state index is 13.0. The van der Waals surface area contributed by atoms with Crippen LogP contribution in [-0.2, 0) is 45.1 Å². The first-order valence-electron chi connectivity index (χ1n) is 17.6. The average molecular weight is 700 g/mol. The van der Waals surface area contributed by atoms with Crippen molar-refractivity contribution >= 4 is 17.7 Å². The minimum absolute atomic E-state index is 0.0249. The predicted molar refractivity (Wildman–Crippen MR) is 200 cm³/mol. The van der Waals surface area contributed by atoms with Gasteiger partial charge < -0.3 is 30.0 Å². The number of ether oxygens (including phenoxy) is 3. The molecular weight excluding hydrogens is 654 g/mol. The molecule has 52 heavy (non-hydrogen) atoms. The van der Waals surface area contributed by atoms with Crippen molar-refractivity contribution in [2.75, 3.05) is 19.0 Å². The maximum Gasteiger partial charge on any atom is 0.328 e. The van der Waals surface area contributed by atoms with Gasteiger partial charge in [-0.1, -0.05) is 127 Å². The summed E-state index contributed by atoms with van der Waals surface area (Å²) in [5, 5.41) is 15.2. The molecule has 1 fully saturated rings. The molecule has 0 aliphatic carbocycles. The number of methoxy groups -OCH3 is 1. The Bertz CT molecular complexity index is 1800. The highest BCUT2D eigenvalue weighted by Crippen LogP contribution is 2.38. The topological polar surface area (TPSA) is 109 Å². The Hall–Kier alpha value is -5.32. The van der Waals surface area contributed by atoms with Gasteiger partial charge in [-0.15, -0.1) is 0 Å². The molecule has 5 aromatic rings. The van der Waals surface area contributed by atoms with Crippen LogP contribution in [0.2, 0.25) is 0 Å². The molecule has 1 saturated heterocycles. The number of nitrogens with zero attached hydrogens (tertiary/aromatic N) is 1. The van der Waals surface area contributed by atoms with Crippen molar-refractivity contribution in [3.63, 3.8) is 0 Å². The van der Waals surface area contributed by atoms with Gasteiger partial charge in [-0.3, -0.25) is 4.90 Å². The molecule has 4 atom stereocenters. The SMILES string of the molecule is COC(=O)[C@H](Cc1ccccc1)NC(=O)Nc1ccc([C@H]2O[C@@H](CN(Cc3ccccc3)Cc3ccccc3)C[C@@H](c3ccc(CO)cc3)O2)cc1. The third-order valence-electron chi connectivity index (χ3n) is 9.09. The van der Waals surface area contributed by atoms with E-state index in [0.717, 1.165) is 35.3 Å². The number of aliphatic hydroxyl groups is 1. The molecule has 0 spiro atoms. The van der Waals surface area contributed by atoms with Crippen molar-refractivity contribution in [2.45, 2.75) is 57.1 Å². The Labute approximate surface area is 305 Å². The Morgan fingerprint density at radius 2 is 1.29 bits per heavy atom. The summed E-state index contributed by atoms with van der Waals surface area (Å²) in [6.07, 6.45) is -0.101. The van der Waals surface area contributed by atoms with Gasteiger partial charge in [0.1, 0.15) is 6.04 Å². The third kappa shape index (κ3) is 10.4. The van der Waals surface area contributed by atoms with E-state index < -0.39 is 24.3 Å². The lowest BCUT2D eigenvalue weighted by Gasteiger charge is -2.38. The molecule has 0 unspecified atom stereocenters. The highest BCUT2D eigenvalue weighted by Gasteiger charge is 2.33. The number of aliphatic hydroxyl groups excluding tert-OH is 1. The zero-order valence-electron chi connectivity index (χ0n) is 29.3. The highest BCUT2D eigenvalue weighted by molar-refractivity contribution is 5.92. The van der Waals surface area contributed by atoms with E-state index >= 15 is 0 Å². The number of amides is 2. The molecule has 3 N–H and O–H groups in total. The van der Waals surface area contributed by atoms with Crippen molar-refractivity contribution in [3.05, 3.63) is 173 Å². The number of hydrogen-bond acceptors (Lipinski definition) is 7. The van der Waals surface area contributed by atoms with E-state index in [2.05, 4.69) is 64.1 Å². The molecule has 5 aromatic carbocycles. The maximum absolute atomic E-state index is 13.0. The van der Waals surface area contributed by atoms with E-state index in [1.54, 1.807) is 12.1 Å². The molecule has 0 aromatic heterocycles. The second kappa shape index (κ2) is 18.3. The number of carbonyl (C=O) groups is 2. The smallest absolute Gasteiger partial charge is 0.328 e. The van der Waals surface area contributed by atoms with E-state index in [4.69, 9.17) is 14.2 Å². The van der Waals surface area contributed by atoms with Gasteiger partial charge in [-0.05, 0) is 39.9 Å². The summed E-state index contributed by atoms with van der Waals surface area (Å²) >= 11 is 0. The molecule has 9 nitrogen and oxygen atoms in total. The standard InChI is InChI=1S/C43H45N3O6/c1-50-41(48)39(25-31-11-5-2-6-12-31)45-43(49)44-37-23-21-36(22-24-37)42-51-38(26-40(52-42)35-19-17-34(30-47)18-20-35)29-46(27-32-13-7-3-8-14-32)28-33-15-9-4-10-16-33/h2-24,38-40,42,47H,25-30H2,1H3,(H2,44,45,49)/t38-,39+,40+,42+/m1/s1. The Kier molecular flexibility index (Phi) is 12.8. The molecule has 1 aliphatic rings. The van der Waals surface area contributed by atoms with Crippen molar-refractivity contribution < 1.29 is 28.9 Å². The number of carbonyl (C=O) groups excluding carboxylic acids is 2. The number of nitrogens with one attached hydrogen (secondary N) is 2. The van der Waals surface area contributed by atoms with E-state index in [0.29, 0.717) is 25.1 Å². The zero-order chi connectivity index (χ0) is 36.1. The fourth-order valence-corrected chi connectivity index (χ4v) is 6.42. The van der Waals surface area contributed by atoms with Crippen LogP contribution in [0.25, 0.3) is 0 Å². The van der Waals surface area contributed by atoms with Crippen molar-refractivity contribution in [1.29, 1.82) is 0 Å². The van der Waals surface area contributed by atoms with Gasteiger partial charge in [-0.25, -0.2) is 9.59 Å². The quantitative estimate of drug-likeness (QED) is 0.104. The van der Waals surface area contributed by atoms with E-state index in [1.165, 1.54) is 18.2 Å². The summed E-state index contributed by atoms with van der Waals surface area (Å²) in [5.41, 5.74) is 6.56. The van der Waals surface area contributed by atoms with Gasteiger partial charge in [-0.2, -0.15) is 0 Å². The van der Waals surface area contributed by atoms with Gasteiger partial charge in [0.25, 0.3) is 0 Å². The van der Waals surface area contributed by atoms with E-state index in [9.17, 15) is 14.7 Å². The molecule has 0 saturated carbocycles. The number of anilines is 1. The van der Waals surface area contributed by atoms with Gasteiger partial charge in [0.15, 0.2) is 6.29 Å². The van der Waals surface area contributed by atoms with Crippen LogP contribution in [0.15, 0.2) is 140 Å². The van der Waals surface area contributed by atoms with Crippen LogP contribution in [0.1, 0.15) is 52.2 Å². The number of esters is 1. The monoisotopic (exact) mass is 699 g/mol. The first-order valence-corrected chi connectivity index (χ1v) is 17.6. The highest BCUT2D eigenvalue weighted by atomic mass is 16.7. The van der Waals surface area contributed by atoms with Crippen LogP contribution in [-0.4, -0.2) is 47.8 Å². The molecule has 1 aliphatic heterocycles. The molecule has 9 heteroatoms. The first-order chi connectivity index (χ1) is 25.4. The van der Waals surface area contributed by atoms with Crippen LogP contribution in [0.3, 0.4) is 0 Å². The number of benzene rings is 5. The summed E-state index contributed by atoms with van der Waals surface area (Å²) in [7, 11) is 1.30. The second-order valence-corrected chi connectivity index (χ2v) is 13.0. The lowest BCUT2D eigenvalue weighted by Crippen LogP contribution is -2.45. The fraction of sp³-hybridized carbons (Fsp3) is 0.256. The minimum atomic E-state index is -0.848. The summed E-state index contributed by atoms with van der Waals surface area (Å²) in [6.45, 7) is 2.19.